The van der Waals surface area contributed by atoms with Gasteiger partial charge >= 0.3 is 0 Å². The molecular weight excluding hydrogens is 429 g/mol. The Hall–Kier alpha value is -3.82. The lowest BCUT2D eigenvalue weighted by Crippen LogP contribution is -2.44. The molecule has 3 rings (SSSR count). The summed E-state index contributed by atoms with van der Waals surface area (Å²) in [5.74, 6) is -0.0133. The number of pyridine rings is 1. The highest BCUT2D eigenvalue weighted by atomic mass is 19.1. The zero-order chi connectivity index (χ0) is 24.4. The molecule has 0 fully saturated rings. The zero-order valence-corrected chi connectivity index (χ0v) is 18.5. The number of aliphatic hydroxyl groups is 2. The highest BCUT2D eigenvalue weighted by Gasteiger charge is 2.23. The maximum atomic E-state index is 13.0. The lowest BCUT2D eigenvalue weighted by atomic mass is 10.1. The number of hydrogen-bond donors (Lipinski definition) is 4. The Balaban J connectivity index is 0.00000187. The fraction of sp³-hybridized carbons (Fsp3) is 0.208. The van der Waals surface area contributed by atoms with Crippen LogP contribution in [0, 0.1) is 5.82 Å². The van der Waals surface area contributed by atoms with E-state index >= 15 is 0 Å². The van der Waals surface area contributed by atoms with E-state index in [1.165, 1.54) is 26.0 Å². The Labute approximate surface area is 191 Å². The van der Waals surface area contributed by atoms with Crippen molar-refractivity contribution in [2.75, 3.05) is 19.0 Å². The van der Waals surface area contributed by atoms with E-state index in [2.05, 4.69) is 15.6 Å². The number of rotatable bonds is 7. The van der Waals surface area contributed by atoms with E-state index in [-0.39, 0.29) is 12.4 Å². The molecule has 174 valence electrons. The third-order valence-corrected chi connectivity index (χ3v) is 4.18. The van der Waals surface area contributed by atoms with Crippen molar-refractivity contribution in [3.05, 3.63) is 72.5 Å². The summed E-state index contributed by atoms with van der Waals surface area (Å²) in [6, 6.07) is 18.1. The van der Waals surface area contributed by atoms with E-state index in [4.69, 9.17) is 9.84 Å². The predicted octanol–water partition coefficient (Wildman–Crippen LogP) is 3.11. The highest BCUT2D eigenvalue weighted by Crippen LogP contribution is 2.25. The number of amides is 2. The van der Waals surface area contributed by atoms with Crippen molar-refractivity contribution < 1.29 is 28.9 Å². The molecule has 1 heterocycles. The molecule has 8 nitrogen and oxygen atoms in total. The van der Waals surface area contributed by atoms with E-state index in [0.29, 0.717) is 23.0 Å². The highest BCUT2D eigenvalue weighted by molar-refractivity contribution is 5.95. The molecule has 0 spiro atoms. The lowest BCUT2D eigenvalue weighted by Gasteiger charge is -2.16. The summed E-state index contributed by atoms with van der Waals surface area (Å²) in [7, 11) is 1.00. The summed E-state index contributed by atoms with van der Waals surface area (Å²) in [5, 5.41) is 21.5. The largest absolute Gasteiger partial charge is 0.457 e. The van der Waals surface area contributed by atoms with Gasteiger partial charge in [-0.05, 0) is 74.5 Å². The maximum absolute atomic E-state index is 13.0. The second-order valence-corrected chi connectivity index (χ2v) is 7.28. The van der Waals surface area contributed by atoms with Crippen molar-refractivity contribution in [2.45, 2.75) is 19.4 Å². The topological polar surface area (TPSA) is 121 Å². The number of nitrogens with zero attached hydrogens (tertiary/aromatic N) is 1. The van der Waals surface area contributed by atoms with Gasteiger partial charge in [-0.1, -0.05) is 6.07 Å². The molecule has 2 aromatic carbocycles. The average molecular weight is 455 g/mol. The molecule has 33 heavy (non-hydrogen) atoms. The van der Waals surface area contributed by atoms with E-state index in [1.54, 1.807) is 42.5 Å². The molecule has 0 bridgehead atoms. The molecule has 0 unspecified atom stereocenters. The summed E-state index contributed by atoms with van der Waals surface area (Å²) in [6.45, 7) is 2.38. The Bertz CT molecular complexity index is 1060. The summed E-state index contributed by atoms with van der Waals surface area (Å²) in [4.78, 5) is 28.1. The van der Waals surface area contributed by atoms with Crippen LogP contribution in [-0.2, 0) is 9.59 Å². The Morgan fingerprint density at radius 2 is 1.55 bits per heavy atom. The molecule has 1 aromatic heterocycles. The van der Waals surface area contributed by atoms with Crippen LogP contribution in [-0.4, -0.2) is 46.3 Å². The Kier molecular flexibility index (Phi) is 9.02. The van der Waals surface area contributed by atoms with Crippen LogP contribution in [0.15, 0.2) is 66.7 Å². The van der Waals surface area contributed by atoms with Crippen molar-refractivity contribution in [3.63, 3.8) is 0 Å². The molecule has 0 saturated heterocycles. The van der Waals surface area contributed by atoms with Gasteiger partial charge in [0, 0.05) is 12.7 Å². The van der Waals surface area contributed by atoms with E-state index in [9.17, 15) is 19.1 Å². The maximum Gasteiger partial charge on any atom is 0.251 e. The van der Waals surface area contributed by atoms with Crippen LogP contribution < -0.4 is 15.4 Å². The second kappa shape index (κ2) is 11.7. The number of benzene rings is 2. The van der Waals surface area contributed by atoms with Crippen LogP contribution in [0.25, 0.3) is 11.3 Å². The SMILES string of the molecule is CC(C)(O)C(=O)NCC(=O)Nc1cccc(-c2ccc(Oc3ccc(F)cc3)cc2)n1.CO. The van der Waals surface area contributed by atoms with Crippen molar-refractivity contribution in [2.24, 2.45) is 0 Å². The van der Waals surface area contributed by atoms with Gasteiger partial charge in [0.15, 0.2) is 0 Å². The fourth-order valence-electron chi connectivity index (χ4n) is 2.56. The monoisotopic (exact) mass is 455 g/mol. The van der Waals surface area contributed by atoms with Crippen LogP contribution in [0.4, 0.5) is 10.2 Å². The van der Waals surface area contributed by atoms with Crippen LogP contribution in [0.2, 0.25) is 0 Å². The molecule has 0 aliphatic heterocycles. The quantitative estimate of drug-likeness (QED) is 0.434. The van der Waals surface area contributed by atoms with Gasteiger partial charge in [0.05, 0.1) is 12.2 Å². The molecule has 2 amide bonds. The Morgan fingerprint density at radius 1 is 0.970 bits per heavy atom. The van der Waals surface area contributed by atoms with Gasteiger partial charge < -0.3 is 25.6 Å². The fourth-order valence-corrected chi connectivity index (χ4v) is 2.56. The summed E-state index contributed by atoms with van der Waals surface area (Å²) in [5.41, 5.74) is -0.130. The minimum Gasteiger partial charge on any atom is -0.457 e. The number of hydrogen-bond acceptors (Lipinski definition) is 6. The standard InChI is InChI=1S/C23H22FN3O4.CH4O/c1-23(2,30)22(29)25-14-21(28)27-20-5-3-4-19(26-20)15-6-10-17(11-7-15)31-18-12-8-16(24)9-13-18;1-2/h3-13,30H,14H2,1-2H3,(H,25,29)(H,26,27,28);2H,1H3. The van der Waals surface area contributed by atoms with E-state index in [1.807, 2.05) is 12.1 Å². The van der Waals surface area contributed by atoms with Gasteiger partial charge in [0.25, 0.3) is 5.91 Å². The molecule has 0 atom stereocenters. The van der Waals surface area contributed by atoms with Crippen molar-refractivity contribution >= 4 is 17.6 Å². The van der Waals surface area contributed by atoms with Crippen molar-refractivity contribution in [1.29, 1.82) is 0 Å². The van der Waals surface area contributed by atoms with Crippen LogP contribution in [0.3, 0.4) is 0 Å². The van der Waals surface area contributed by atoms with Gasteiger partial charge in [0.2, 0.25) is 5.91 Å². The number of carbonyl (C=O) groups is 2. The summed E-state index contributed by atoms with van der Waals surface area (Å²) < 4.78 is 18.7. The van der Waals surface area contributed by atoms with Crippen molar-refractivity contribution in [1.82, 2.24) is 10.3 Å². The number of aliphatic hydroxyl groups excluding tert-OH is 1. The average Bonchev–Trinajstić information content (AvgIpc) is 2.80. The van der Waals surface area contributed by atoms with Gasteiger partial charge in [-0.25, -0.2) is 9.37 Å². The van der Waals surface area contributed by atoms with Crippen LogP contribution >= 0.6 is 0 Å². The first-order chi connectivity index (χ1) is 15.7. The molecule has 3 aromatic rings. The number of nitrogens with one attached hydrogen (secondary N) is 2. The molecule has 0 saturated carbocycles. The van der Waals surface area contributed by atoms with Gasteiger partial charge in [0.1, 0.15) is 28.7 Å². The minimum absolute atomic E-state index is 0.288. The summed E-state index contributed by atoms with van der Waals surface area (Å²) in [6.07, 6.45) is 0. The Morgan fingerprint density at radius 3 is 2.12 bits per heavy atom. The molecule has 4 N–H and O–H groups in total. The first kappa shape index (κ1) is 25.4. The number of halogens is 1. The van der Waals surface area contributed by atoms with Gasteiger partial charge in [-0.2, -0.15) is 0 Å². The number of ether oxygens (including phenoxy) is 1. The van der Waals surface area contributed by atoms with Crippen LogP contribution in [0.5, 0.6) is 11.5 Å². The molecule has 9 heteroatoms. The minimum atomic E-state index is -1.56. The van der Waals surface area contributed by atoms with Gasteiger partial charge in [-0.15, -0.1) is 0 Å². The predicted molar refractivity (Wildman–Crippen MR) is 122 cm³/mol. The zero-order valence-electron chi connectivity index (χ0n) is 18.5. The normalized spacial score (nSPS) is 10.5. The summed E-state index contributed by atoms with van der Waals surface area (Å²) >= 11 is 0. The third-order valence-electron chi connectivity index (χ3n) is 4.18. The van der Waals surface area contributed by atoms with Crippen molar-refractivity contribution in [3.8, 4) is 22.8 Å². The smallest absolute Gasteiger partial charge is 0.251 e. The first-order valence-corrected chi connectivity index (χ1v) is 9.97. The number of carbonyl (C=O) groups excluding carboxylic acids is 2. The molecule has 0 aliphatic carbocycles. The van der Waals surface area contributed by atoms with E-state index in [0.717, 1.165) is 12.7 Å². The lowest BCUT2D eigenvalue weighted by molar-refractivity contribution is -0.137. The molecule has 0 aliphatic rings. The third kappa shape index (κ3) is 7.99. The first-order valence-electron chi connectivity index (χ1n) is 9.97. The number of anilines is 1. The van der Waals surface area contributed by atoms with Gasteiger partial charge in [-0.3, -0.25) is 9.59 Å². The number of aromatic nitrogens is 1. The molecular formula is C24H26FN3O5. The van der Waals surface area contributed by atoms with Crippen LogP contribution in [0.1, 0.15) is 13.8 Å². The van der Waals surface area contributed by atoms with E-state index < -0.39 is 17.4 Å². The second-order valence-electron chi connectivity index (χ2n) is 7.28. The molecule has 0 radical (unpaired) electrons.